The van der Waals surface area contributed by atoms with Crippen LogP contribution in [0, 0.1) is 5.82 Å². The van der Waals surface area contributed by atoms with E-state index in [-0.39, 0.29) is 17.3 Å². The van der Waals surface area contributed by atoms with E-state index in [0.29, 0.717) is 0 Å². The highest BCUT2D eigenvalue weighted by atomic mass is 19.1. The molecule has 0 saturated heterocycles. The van der Waals surface area contributed by atoms with E-state index in [9.17, 15) is 9.18 Å². The van der Waals surface area contributed by atoms with Crippen molar-refractivity contribution >= 4 is 11.7 Å². The summed E-state index contributed by atoms with van der Waals surface area (Å²) >= 11 is 0. The molecule has 0 saturated carbocycles. The molecule has 0 bridgehead atoms. The topological polar surface area (TPSA) is 49.3 Å². The number of carboxylic acid groups (broad SMARTS) is 1. The molecule has 2 aromatic rings. The molecule has 0 fully saturated rings. The van der Waals surface area contributed by atoms with Crippen molar-refractivity contribution in [3.63, 3.8) is 0 Å². The van der Waals surface area contributed by atoms with Crippen molar-refractivity contribution in [2.45, 2.75) is 19.4 Å². The number of halogens is 1. The fourth-order valence-corrected chi connectivity index (χ4v) is 2.13. The Morgan fingerprint density at radius 1 is 1.20 bits per heavy atom. The van der Waals surface area contributed by atoms with Gasteiger partial charge in [0, 0.05) is 0 Å². The van der Waals surface area contributed by atoms with Gasteiger partial charge in [0.1, 0.15) is 5.82 Å². The number of benzene rings is 2. The van der Waals surface area contributed by atoms with Crippen molar-refractivity contribution in [3.8, 4) is 0 Å². The zero-order valence-electron chi connectivity index (χ0n) is 11.1. The third kappa shape index (κ3) is 2.96. The van der Waals surface area contributed by atoms with Crippen molar-refractivity contribution in [3.05, 3.63) is 65.5 Å². The van der Waals surface area contributed by atoms with Gasteiger partial charge in [0.25, 0.3) is 0 Å². The summed E-state index contributed by atoms with van der Waals surface area (Å²) in [5.74, 6) is -1.70. The normalized spacial score (nSPS) is 11.9. The molecule has 20 heavy (non-hydrogen) atoms. The minimum atomic E-state index is -1.14. The molecule has 0 aromatic heterocycles. The number of carbonyl (C=O) groups is 1. The summed E-state index contributed by atoms with van der Waals surface area (Å²) in [6, 6.07) is 13.5. The number of hydrogen-bond acceptors (Lipinski definition) is 2. The number of rotatable bonds is 5. The quantitative estimate of drug-likeness (QED) is 0.862. The van der Waals surface area contributed by atoms with Crippen LogP contribution < -0.4 is 5.32 Å². The summed E-state index contributed by atoms with van der Waals surface area (Å²) in [5, 5.41) is 12.1. The van der Waals surface area contributed by atoms with Crippen molar-refractivity contribution in [1.82, 2.24) is 0 Å². The van der Waals surface area contributed by atoms with Crippen LogP contribution in [-0.4, -0.2) is 11.1 Å². The van der Waals surface area contributed by atoms with Crippen LogP contribution in [0.3, 0.4) is 0 Å². The van der Waals surface area contributed by atoms with Crippen LogP contribution in [0.25, 0.3) is 0 Å². The van der Waals surface area contributed by atoms with Gasteiger partial charge in [-0.25, -0.2) is 9.18 Å². The maximum Gasteiger partial charge on any atom is 0.337 e. The summed E-state index contributed by atoms with van der Waals surface area (Å²) in [5.41, 5.74) is 0.977. The van der Waals surface area contributed by atoms with Gasteiger partial charge >= 0.3 is 5.97 Å². The van der Waals surface area contributed by atoms with E-state index in [4.69, 9.17) is 5.11 Å². The van der Waals surface area contributed by atoms with Crippen LogP contribution in [0.1, 0.15) is 35.3 Å². The zero-order chi connectivity index (χ0) is 14.5. The fourth-order valence-electron chi connectivity index (χ4n) is 2.13. The van der Waals surface area contributed by atoms with Crippen LogP contribution in [-0.2, 0) is 0 Å². The molecule has 2 N–H and O–H groups in total. The standard InChI is InChI=1S/C16H16FNO2/c1-2-14(11-7-4-3-5-8-11)18-15-12(16(19)20)9-6-10-13(15)17/h3-10,14,18H,2H2,1H3,(H,19,20). The minimum Gasteiger partial charge on any atom is -0.478 e. The van der Waals surface area contributed by atoms with E-state index >= 15 is 0 Å². The average molecular weight is 273 g/mol. The van der Waals surface area contributed by atoms with Crippen LogP contribution in [0.2, 0.25) is 0 Å². The van der Waals surface area contributed by atoms with Crippen LogP contribution >= 0.6 is 0 Å². The molecular weight excluding hydrogens is 257 g/mol. The summed E-state index contributed by atoms with van der Waals surface area (Å²) < 4.78 is 13.9. The third-order valence-corrected chi connectivity index (χ3v) is 3.17. The van der Waals surface area contributed by atoms with E-state index in [2.05, 4.69) is 5.32 Å². The second kappa shape index (κ2) is 6.19. The molecule has 1 unspecified atom stereocenters. The molecule has 2 rings (SSSR count). The lowest BCUT2D eigenvalue weighted by molar-refractivity contribution is 0.0697. The monoisotopic (exact) mass is 273 g/mol. The maximum absolute atomic E-state index is 13.9. The van der Waals surface area contributed by atoms with E-state index in [0.717, 1.165) is 12.0 Å². The van der Waals surface area contributed by atoms with Gasteiger partial charge in [-0.15, -0.1) is 0 Å². The number of anilines is 1. The molecule has 0 spiro atoms. The molecule has 104 valence electrons. The van der Waals surface area contributed by atoms with Gasteiger partial charge < -0.3 is 10.4 Å². The Morgan fingerprint density at radius 2 is 1.90 bits per heavy atom. The third-order valence-electron chi connectivity index (χ3n) is 3.17. The maximum atomic E-state index is 13.9. The number of nitrogens with one attached hydrogen (secondary N) is 1. The predicted octanol–water partition coefficient (Wildman–Crippen LogP) is 4.09. The van der Waals surface area contributed by atoms with Crippen molar-refractivity contribution in [1.29, 1.82) is 0 Å². The molecule has 3 nitrogen and oxygen atoms in total. The largest absolute Gasteiger partial charge is 0.478 e. The Kier molecular flexibility index (Phi) is 4.35. The van der Waals surface area contributed by atoms with Crippen LogP contribution in [0.15, 0.2) is 48.5 Å². The van der Waals surface area contributed by atoms with Gasteiger partial charge in [-0.2, -0.15) is 0 Å². The lowest BCUT2D eigenvalue weighted by atomic mass is 10.0. The van der Waals surface area contributed by atoms with Gasteiger partial charge in [-0.3, -0.25) is 0 Å². The molecular formula is C16H16FNO2. The highest BCUT2D eigenvalue weighted by molar-refractivity contribution is 5.94. The molecule has 2 aromatic carbocycles. The van der Waals surface area contributed by atoms with Crippen molar-refractivity contribution in [2.24, 2.45) is 0 Å². The van der Waals surface area contributed by atoms with Gasteiger partial charge in [0.2, 0.25) is 0 Å². The van der Waals surface area contributed by atoms with Gasteiger partial charge in [0.05, 0.1) is 17.3 Å². The molecule has 0 amide bonds. The molecule has 1 atom stereocenters. The molecule has 4 heteroatoms. The highest BCUT2D eigenvalue weighted by Crippen LogP contribution is 2.27. The first-order chi connectivity index (χ1) is 9.63. The Hall–Kier alpha value is -2.36. The summed E-state index contributed by atoms with van der Waals surface area (Å²) in [6.07, 6.45) is 0.720. The molecule has 0 aliphatic rings. The molecule has 0 aliphatic carbocycles. The lowest BCUT2D eigenvalue weighted by Crippen LogP contribution is -2.14. The zero-order valence-corrected chi connectivity index (χ0v) is 11.1. The lowest BCUT2D eigenvalue weighted by Gasteiger charge is -2.20. The Morgan fingerprint density at radius 3 is 2.50 bits per heavy atom. The average Bonchev–Trinajstić information content (AvgIpc) is 2.46. The molecule has 0 heterocycles. The predicted molar refractivity (Wildman–Crippen MR) is 76.5 cm³/mol. The number of carboxylic acids is 1. The summed E-state index contributed by atoms with van der Waals surface area (Å²) in [7, 11) is 0. The first-order valence-electron chi connectivity index (χ1n) is 6.46. The van der Waals surface area contributed by atoms with Gasteiger partial charge in [0.15, 0.2) is 0 Å². The fraction of sp³-hybridized carbons (Fsp3) is 0.188. The SMILES string of the molecule is CCC(Nc1c(F)cccc1C(=O)O)c1ccccc1. The number of aromatic carboxylic acids is 1. The summed E-state index contributed by atoms with van der Waals surface area (Å²) in [4.78, 5) is 11.2. The van der Waals surface area contributed by atoms with E-state index < -0.39 is 11.8 Å². The number of hydrogen-bond donors (Lipinski definition) is 2. The smallest absolute Gasteiger partial charge is 0.337 e. The first kappa shape index (κ1) is 14.1. The number of para-hydroxylation sites is 1. The highest BCUT2D eigenvalue weighted by Gasteiger charge is 2.17. The van der Waals surface area contributed by atoms with Crippen LogP contribution in [0.5, 0.6) is 0 Å². The Balaban J connectivity index is 2.35. The Bertz CT molecular complexity index is 599. The summed E-state index contributed by atoms with van der Waals surface area (Å²) in [6.45, 7) is 1.96. The second-order valence-electron chi connectivity index (χ2n) is 4.48. The van der Waals surface area contributed by atoms with E-state index in [1.807, 2.05) is 37.3 Å². The minimum absolute atomic E-state index is 0.0377. The molecule has 0 aliphatic heterocycles. The van der Waals surface area contributed by atoms with Crippen molar-refractivity contribution in [2.75, 3.05) is 5.32 Å². The van der Waals surface area contributed by atoms with E-state index in [1.165, 1.54) is 18.2 Å². The first-order valence-corrected chi connectivity index (χ1v) is 6.46. The van der Waals surface area contributed by atoms with E-state index in [1.54, 1.807) is 0 Å². The second-order valence-corrected chi connectivity index (χ2v) is 4.48. The van der Waals surface area contributed by atoms with Crippen LogP contribution in [0.4, 0.5) is 10.1 Å². The molecule has 0 radical (unpaired) electrons. The Labute approximate surface area is 117 Å². The van der Waals surface area contributed by atoms with Gasteiger partial charge in [-0.1, -0.05) is 43.3 Å². The van der Waals surface area contributed by atoms with Gasteiger partial charge in [-0.05, 0) is 24.1 Å². The van der Waals surface area contributed by atoms with Crippen molar-refractivity contribution < 1.29 is 14.3 Å².